The third-order valence-corrected chi connectivity index (χ3v) is 38.7. The number of hydrogen-bond acceptors (Lipinski definition) is 7. The average Bonchev–Trinajstić information content (AvgIpc) is 2.43. The molecule has 0 aromatic heterocycles. The Morgan fingerprint density at radius 3 is 0.730 bits per heavy atom. The molecule has 0 radical (unpaired) electrons. The van der Waals surface area contributed by atoms with E-state index in [4.69, 9.17) is 39.9 Å². The van der Waals surface area contributed by atoms with E-state index in [0.29, 0.717) is 0 Å². The quantitative estimate of drug-likeness (QED) is 0.119. The second-order valence-corrected chi connectivity index (χ2v) is 46.4. The van der Waals surface area contributed by atoms with Gasteiger partial charge in [-0.25, -0.2) is 0 Å². The SMILES string of the molecule is CC(C)[Si](Cl)(O[Si](C)(C)O[Si](C)(C)O[Si](C)(C)O[Si](C)(C)O[Si](C)(C)O[Si](C)(C)O[Si](C)(C)C)C(C)C. The first-order valence-electron chi connectivity index (χ1n) is 13.4. The molecule has 0 aliphatic heterocycles. The molecule has 0 aliphatic rings. The molecule has 37 heavy (non-hydrogen) atoms. The summed E-state index contributed by atoms with van der Waals surface area (Å²) in [5.41, 5.74) is 0.569. The number of hydrogen-bond donors (Lipinski definition) is 0. The average molecular weight is 684 g/mol. The van der Waals surface area contributed by atoms with E-state index in [1.807, 2.05) is 0 Å². The second-order valence-electron chi connectivity index (χ2n) is 14.2. The molecular weight excluding hydrogens is 624 g/mol. The molecule has 0 fully saturated rings. The first kappa shape index (κ1) is 38.7. The molecule has 0 unspecified atom stereocenters. The Hall–Kier alpha value is 1.75. The lowest BCUT2D eigenvalue weighted by molar-refractivity contribution is 0.264. The van der Waals surface area contributed by atoms with Crippen molar-refractivity contribution in [2.45, 2.75) is 137 Å². The fourth-order valence-electron chi connectivity index (χ4n) is 5.10. The Balaban J connectivity index is 5.45. The molecule has 0 aromatic rings. The van der Waals surface area contributed by atoms with Crippen molar-refractivity contribution in [2.24, 2.45) is 0 Å². The number of halogens is 1. The van der Waals surface area contributed by atoms with E-state index >= 15 is 0 Å². The van der Waals surface area contributed by atoms with Gasteiger partial charge in [0.05, 0.1) is 0 Å². The van der Waals surface area contributed by atoms with E-state index in [-0.39, 0.29) is 11.1 Å². The molecule has 0 amide bonds. The fourth-order valence-corrected chi connectivity index (χ4v) is 45.8. The van der Waals surface area contributed by atoms with E-state index in [2.05, 4.69) is 126 Å². The predicted molar refractivity (Wildman–Crippen MR) is 178 cm³/mol. The highest BCUT2D eigenvalue weighted by molar-refractivity contribution is 7.20. The molecule has 0 aliphatic carbocycles. The summed E-state index contributed by atoms with van der Waals surface area (Å²) in [6, 6.07) is 0. The van der Waals surface area contributed by atoms with Crippen LogP contribution >= 0.6 is 11.1 Å². The van der Waals surface area contributed by atoms with Gasteiger partial charge >= 0.3 is 51.4 Å². The van der Waals surface area contributed by atoms with Crippen LogP contribution in [0.3, 0.4) is 0 Å². The van der Waals surface area contributed by atoms with Gasteiger partial charge in [0, 0.05) is 0 Å². The van der Waals surface area contributed by atoms with E-state index in [0.717, 1.165) is 0 Å². The molecule has 0 saturated heterocycles. The maximum atomic E-state index is 7.09. The molecule has 224 valence electrons. The summed E-state index contributed by atoms with van der Waals surface area (Å²) < 4.78 is 46.3. The van der Waals surface area contributed by atoms with Crippen LogP contribution in [0.25, 0.3) is 0 Å². The van der Waals surface area contributed by atoms with Gasteiger partial charge in [-0.05, 0) is 109 Å². The largest absolute Gasteiger partial charge is 0.437 e. The van der Waals surface area contributed by atoms with E-state index in [9.17, 15) is 0 Å². The third-order valence-electron chi connectivity index (χ3n) is 4.99. The topological polar surface area (TPSA) is 64.6 Å². The van der Waals surface area contributed by atoms with Crippen LogP contribution in [0.1, 0.15) is 27.7 Å². The molecule has 0 N–H and O–H groups in total. The van der Waals surface area contributed by atoms with Gasteiger partial charge < -0.3 is 28.8 Å². The second kappa shape index (κ2) is 12.9. The molecule has 7 nitrogen and oxygen atoms in total. The first-order chi connectivity index (χ1) is 15.8. The Labute approximate surface area is 243 Å². The van der Waals surface area contributed by atoms with Crippen molar-refractivity contribution in [3.05, 3.63) is 0 Å². The van der Waals surface area contributed by atoms with Crippen LogP contribution in [-0.2, 0) is 28.8 Å². The normalized spacial score (nSPS) is 15.7. The van der Waals surface area contributed by atoms with Gasteiger partial charge in [0.2, 0.25) is 0 Å². The highest BCUT2D eigenvalue weighted by Crippen LogP contribution is 2.40. The highest BCUT2D eigenvalue weighted by Gasteiger charge is 2.51. The molecule has 0 heterocycles. The van der Waals surface area contributed by atoms with Crippen LogP contribution in [0, 0.1) is 0 Å². The lowest BCUT2D eigenvalue weighted by Crippen LogP contribution is -2.61. The fraction of sp³-hybridized carbons (Fsp3) is 1.00. The maximum Gasteiger partial charge on any atom is 0.314 e. The van der Waals surface area contributed by atoms with Crippen LogP contribution in [0.15, 0.2) is 0 Å². The van der Waals surface area contributed by atoms with Gasteiger partial charge in [0.25, 0.3) is 7.63 Å². The van der Waals surface area contributed by atoms with Gasteiger partial charge in [-0.1, -0.05) is 27.7 Å². The van der Waals surface area contributed by atoms with E-state index < -0.39 is 67.3 Å². The predicted octanol–water partition coefficient (Wildman–Crippen LogP) is 8.65. The third kappa shape index (κ3) is 15.5. The Morgan fingerprint density at radius 2 is 0.541 bits per heavy atom. The molecule has 0 spiro atoms. The lowest BCUT2D eigenvalue weighted by Gasteiger charge is -2.45. The molecule has 0 atom stereocenters. The minimum absolute atomic E-state index is 0.284. The van der Waals surface area contributed by atoms with Crippen molar-refractivity contribution in [2.75, 3.05) is 0 Å². The van der Waals surface area contributed by atoms with Crippen LogP contribution in [-0.4, -0.2) is 67.3 Å². The Kier molecular flexibility index (Phi) is 13.6. The summed E-state index contributed by atoms with van der Waals surface area (Å²) in [6.07, 6.45) is 0. The summed E-state index contributed by atoms with van der Waals surface area (Å²) in [7, 11) is -19.3. The molecule has 0 rings (SSSR count). The molecule has 0 bridgehead atoms. The lowest BCUT2D eigenvalue weighted by atomic mass is 10.5. The molecule has 16 heteroatoms. The minimum atomic E-state index is -2.60. The molecule has 0 saturated carbocycles. The van der Waals surface area contributed by atoms with Crippen LogP contribution in [0.2, 0.25) is 109 Å². The van der Waals surface area contributed by atoms with Crippen molar-refractivity contribution >= 4 is 78.4 Å². The standard InChI is InChI=1S/C21H59ClO7Si8/c1-20(2)37(22,21(3)4)29-36(18,19)28-35(16,17)27-34(14,15)26-33(12,13)25-32(10,11)24-31(8,9)23-30(5,6)7/h20-21H,1-19H3. The van der Waals surface area contributed by atoms with E-state index in [1.54, 1.807) is 0 Å². The summed E-state index contributed by atoms with van der Waals surface area (Å²) in [6.45, 7) is 40.2. The van der Waals surface area contributed by atoms with Crippen LogP contribution in [0.4, 0.5) is 0 Å². The van der Waals surface area contributed by atoms with Crippen molar-refractivity contribution in [1.82, 2.24) is 0 Å². The summed E-state index contributed by atoms with van der Waals surface area (Å²) in [4.78, 5) is 0. The minimum Gasteiger partial charge on any atom is -0.437 e. The Morgan fingerprint density at radius 1 is 0.351 bits per heavy atom. The van der Waals surface area contributed by atoms with Crippen molar-refractivity contribution < 1.29 is 28.8 Å². The van der Waals surface area contributed by atoms with E-state index in [1.165, 1.54) is 0 Å². The summed E-state index contributed by atoms with van der Waals surface area (Å²) in [5.74, 6) is 0. The van der Waals surface area contributed by atoms with Gasteiger partial charge in [0.1, 0.15) is 0 Å². The van der Waals surface area contributed by atoms with Crippen molar-refractivity contribution in [1.29, 1.82) is 0 Å². The maximum absolute atomic E-state index is 7.09. The smallest absolute Gasteiger partial charge is 0.314 e. The zero-order valence-corrected chi connectivity index (χ0v) is 36.1. The van der Waals surface area contributed by atoms with Gasteiger partial charge in [0.15, 0.2) is 8.32 Å². The zero-order chi connectivity index (χ0) is 30.1. The summed E-state index contributed by atoms with van der Waals surface area (Å²) in [5, 5.41) is 0. The first-order valence-corrected chi connectivity index (χ1v) is 36.8. The number of rotatable bonds is 16. The Bertz CT molecular complexity index is 733. The van der Waals surface area contributed by atoms with Gasteiger partial charge in [-0.15, -0.1) is 11.1 Å². The zero-order valence-electron chi connectivity index (χ0n) is 27.4. The monoisotopic (exact) mass is 682 g/mol. The van der Waals surface area contributed by atoms with Crippen LogP contribution in [0.5, 0.6) is 0 Å². The highest BCUT2D eigenvalue weighted by atomic mass is 35.6. The molecular formula is C21H59ClO7Si8. The van der Waals surface area contributed by atoms with Gasteiger partial charge in [-0.2, -0.15) is 0 Å². The van der Waals surface area contributed by atoms with Crippen LogP contribution < -0.4 is 0 Å². The van der Waals surface area contributed by atoms with Crippen molar-refractivity contribution in [3.8, 4) is 0 Å². The summed E-state index contributed by atoms with van der Waals surface area (Å²) >= 11 is 7.09. The van der Waals surface area contributed by atoms with Gasteiger partial charge in [-0.3, -0.25) is 0 Å². The van der Waals surface area contributed by atoms with Crippen molar-refractivity contribution in [3.63, 3.8) is 0 Å². The molecule has 0 aromatic carbocycles.